The molecule has 0 heterocycles. The summed E-state index contributed by atoms with van der Waals surface area (Å²) in [5, 5.41) is 3.20. The normalized spacial score (nSPS) is 12.2. The maximum absolute atomic E-state index is 14.0. The van der Waals surface area contributed by atoms with Crippen molar-refractivity contribution >= 4 is 50.7 Å². The van der Waals surface area contributed by atoms with Crippen molar-refractivity contribution in [2.45, 2.75) is 51.6 Å². The first-order valence-corrected chi connectivity index (χ1v) is 15.4. The van der Waals surface area contributed by atoms with Gasteiger partial charge < -0.3 is 10.2 Å². The summed E-state index contributed by atoms with van der Waals surface area (Å²) in [5.74, 6) is -1.24. The number of nitrogens with zero attached hydrogens (tertiary/aromatic N) is 2. The first-order chi connectivity index (χ1) is 19.3. The molecule has 0 aliphatic heterocycles. The standard InChI is InChI=1S/C30H34Cl2FN3O4S/c1-5-28(30(38)34-17-20(2)3)35(18-22-8-10-23(33)11-9-22)29(37)19-36(24-12-15-26(31)27(32)16-24)41(39,40)25-13-6-21(4)7-14-25/h6-16,20,28H,5,17-19H2,1-4H3,(H,34,38). The molecule has 3 aromatic rings. The molecule has 1 unspecified atom stereocenters. The van der Waals surface area contributed by atoms with Crippen LogP contribution in [0.25, 0.3) is 0 Å². The molecule has 0 fully saturated rings. The summed E-state index contributed by atoms with van der Waals surface area (Å²) in [6.45, 7) is 7.26. The van der Waals surface area contributed by atoms with Crippen LogP contribution in [0.4, 0.5) is 10.1 Å². The Bertz CT molecular complexity index is 1470. The van der Waals surface area contributed by atoms with E-state index in [1.165, 1.54) is 59.5 Å². The van der Waals surface area contributed by atoms with Crippen molar-refractivity contribution in [1.29, 1.82) is 0 Å². The van der Waals surface area contributed by atoms with Gasteiger partial charge in [0.25, 0.3) is 10.0 Å². The van der Waals surface area contributed by atoms with Crippen molar-refractivity contribution in [3.05, 3.63) is 93.7 Å². The van der Waals surface area contributed by atoms with Crippen LogP contribution in [0.2, 0.25) is 10.0 Å². The molecule has 2 amide bonds. The van der Waals surface area contributed by atoms with Gasteiger partial charge in [0.2, 0.25) is 11.8 Å². The number of rotatable bonds is 12. The van der Waals surface area contributed by atoms with E-state index in [0.717, 1.165) is 9.87 Å². The van der Waals surface area contributed by atoms with E-state index in [4.69, 9.17) is 23.2 Å². The van der Waals surface area contributed by atoms with Gasteiger partial charge in [-0.15, -0.1) is 0 Å². The molecule has 1 atom stereocenters. The molecule has 0 saturated carbocycles. The molecule has 0 spiro atoms. The SMILES string of the molecule is CCC(C(=O)NCC(C)C)N(Cc1ccc(F)cc1)C(=O)CN(c1ccc(Cl)c(Cl)c1)S(=O)(=O)c1ccc(C)cc1. The Labute approximate surface area is 251 Å². The minimum Gasteiger partial charge on any atom is -0.354 e. The summed E-state index contributed by atoms with van der Waals surface area (Å²) in [5.41, 5.74) is 1.58. The maximum atomic E-state index is 14.0. The van der Waals surface area contributed by atoms with Gasteiger partial charge in [0.1, 0.15) is 18.4 Å². The fourth-order valence-corrected chi connectivity index (χ4v) is 5.83. The Hall–Kier alpha value is -3.14. The number of amides is 2. The van der Waals surface area contributed by atoms with Gasteiger partial charge in [-0.2, -0.15) is 0 Å². The minimum absolute atomic E-state index is 0.0197. The van der Waals surface area contributed by atoms with Gasteiger partial charge in [-0.1, -0.05) is 73.8 Å². The van der Waals surface area contributed by atoms with Crippen molar-refractivity contribution < 1.29 is 22.4 Å². The lowest BCUT2D eigenvalue weighted by atomic mass is 10.1. The second-order valence-electron chi connectivity index (χ2n) is 10.1. The maximum Gasteiger partial charge on any atom is 0.264 e. The van der Waals surface area contributed by atoms with Crippen molar-refractivity contribution in [2.24, 2.45) is 5.92 Å². The predicted molar refractivity (Wildman–Crippen MR) is 161 cm³/mol. The molecule has 7 nitrogen and oxygen atoms in total. The minimum atomic E-state index is -4.25. The second-order valence-corrected chi connectivity index (χ2v) is 12.8. The zero-order chi connectivity index (χ0) is 30.3. The molecule has 0 aliphatic carbocycles. The first-order valence-electron chi connectivity index (χ1n) is 13.2. The number of carbonyl (C=O) groups excluding carboxylic acids is 2. The van der Waals surface area contributed by atoms with E-state index in [1.807, 2.05) is 20.8 Å². The highest BCUT2D eigenvalue weighted by molar-refractivity contribution is 7.92. The summed E-state index contributed by atoms with van der Waals surface area (Å²) < 4.78 is 42.4. The molecular formula is C30H34Cl2FN3O4S. The third kappa shape index (κ3) is 8.44. The van der Waals surface area contributed by atoms with Crippen LogP contribution in [-0.4, -0.2) is 44.3 Å². The number of carbonyl (C=O) groups is 2. The number of nitrogens with one attached hydrogen (secondary N) is 1. The number of aryl methyl sites for hydroxylation is 1. The molecule has 41 heavy (non-hydrogen) atoms. The summed E-state index contributed by atoms with van der Waals surface area (Å²) in [6, 6.07) is 15.2. The van der Waals surface area contributed by atoms with E-state index in [-0.39, 0.29) is 45.4 Å². The lowest BCUT2D eigenvalue weighted by Gasteiger charge is -2.33. The molecule has 1 N–H and O–H groups in total. The Kier molecular flexibility index (Phi) is 11.2. The molecule has 3 rings (SSSR count). The highest BCUT2D eigenvalue weighted by atomic mass is 35.5. The van der Waals surface area contributed by atoms with E-state index in [9.17, 15) is 22.4 Å². The first kappa shape index (κ1) is 32.4. The van der Waals surface area contributed by atoms with Crippen LogP contribution in [0.3, 0.4) is 0 Å². The smallest absolute Gasteiger partial charge is 0.264 e. The second kappa shape index (κ2) is 14.2. The largest absolute Gasteiger partial charge is 0.354 e. The Morgan fingerprint density at radius 3 is 2.15 bits per heavy atom. The molecule has 0 aromatic heterocycles. The van der Waals surface area contributed by atoms with Gasteiger partial charge in [0.05, 0.1) is 20.6 Å². The zero-order valence-electron chi connectivity index (χ0n) is 23.4. The van der Waals surface area contributed by atoms with Gasteiger partial charge in [-0.25, -0.2) is 12.8 Å². The average molecular weight is 623 g/mol. The summed E-state index contributed by atoms with van der Waals surface area (Å²) in [4.78, 5) is 28.6. The Balaban J connectivity index is 2.06. The zero-order valence-corrected chi connectivity index (χ0v) is 25.7. The topological polar surface area (TPSA) is 86.8 Å². The molecule has 0 saturated heterocycles. The summed E-state index contributed by atoms with van der Waals surface area (Å²) >= 11 is 12.3. The quantitative estimate of drug-likeness (QED) is 0.260. The molecule has 3 aromatic carbocycles. The number of halogens is 3. The summed E-state index contributed by atoms with van der Waals surface area (Å²) in [6.07, 6.45) is 0.272. The number of anilines is 1. The van der Waals surface area contributed by atoms with E-state index < -0.39 is 34.3 Å². The highest BCUT2D eigenvalue weighted by Crippen LogP contribution is 2.31. The van der Waals surface area contributed by atoms with Crippen molar-refractivity contribution in [3.63, 3.8) is 0 Å². The van der Waals surface area contributed by atoms with E-state index in [2.05, 4.69) is 5.32 Å². The lowest BCUT2D eigenvalue weighted by Crippen LogP contribution is -2.52. The number of hydrogen-bond acceptors (Lipinski definition) is 4. The fraction of sp³-hybridized carbons (Fsp3) is 0.333. The van der Waals surface area contributed by atoms with Crippen LogP contribution in [0.5, 0.6) is 0 Å². The van der Waals surface area contributed by atoms with Gasteiger partial charge in [0, 0.05) is 13.1 Å². The van der Waals surface area contributed by atoms with Crippen molar-refractivity contribution in [3.8, 4) is 0 Å². The van der Waals surface area contributed by atoms with Crippen LogP contribution in [-0.2, 0) is 26.2 Å². The van der Waals surface area contributed by atoms with Crippen LogP contribution in [0.1, 0.15) is 38.3 Å². The fourth-order valence-electron chi connectivity index (χ4n) is 4.13. The molecule has 0 bridgehead atoms. The Morgan fingerprint density at radius 2 is 1.59 bits per heavy atom. The van der Waals surface area contributed by atoms with Gasteiger partial charge in [0.15, 0.2) is 0 Å². The van der Waals surface area contributed by atoms with Gasteiger partial charge >= 0.3 is 0 Å². The predicted octanol–water partition coefficient (Wildman–Crippen LogP) is 6.22. The summed E-state index contributed by atoms with van der Waals surface area (Å²) in [7, 11) is -4.25. The molecule has 11 heteroatoms. The monoisotopic (exact) mass is 621 g/mol. The van der Waals surface area contributed by atoms with Crippen LogP contribution >= 0.6 is 23.2 Å². The van der Waals surface area contributed by atoms with Crippen molar-refractivity contribution in [2.75, 3.05) is 17.4 Å². The highest BCUT2D eigenvalue weighted by Gasteiger charge is 2.34. The molecule has 0 aliphatic rings. The van der Waals surface area contributed by atoms with Crippen molar-refractivity contribution in [1.82, 2.24) is 10.2 Å². The van der Waals surface area contributed by atoms with Gasteiger partial charge in [-0.3, -0.25) is 13.9 Å². The van der Waals surface area contributed by atoms with Crippen LogP contribution in [0.15, 0.2) is 71.6 Å². The number of hydrogen-bond donors (Lipinski definition) is 1. The molecule has 0 radical (unpaired) electrons. The van der Waals surface area contributed by atoms with Crippen LogP contribution < -0.4 is 9.62 Å². The number of sulfonamides is 1. The number of benzene rings is 3. The molecular weight excluding hydrogens is 588 g/mol. The molecule has 220 valence electrons. The van der Waals surface area contributed by atoms with E-state index in [0.29, 0.717) is 12.1 Å². The van der Waals surface area contributed by atoms with E-state index in [1.54, 1.807) is 19.1 Å². The third-order valence-electron chi connectivity index (χ3n) is 6.42. The lowest BCUT2D eigenvalue weighted by molar-refractivity contribution is -0.140. The average Bonchev–Trinajstić information content (AvgIpc) is 2.93. The third-order valence-corrected chi connectivity index (χ3v) is 8.94. The van der Waals surface area contributed by atoms with Crippen LogP contribution in [0, 0.1) is 18.7 Å². The van der Waals surface area contributed by atoms with Gasteiger partial charge in [-0.05, 0) is 67.3 Å². The van der Waals surface area contributed by atoms with E-state index >= 15 is 0 Å². The Morgan fingerprint density at radius 1 is 0.951 bits per heavy atom.